The lowest BCUT2D eigenvalue weighted by Crippen LogP contribution is -2.28. The summed E-state index contributed by atoms with van der Waals surface area (Å²) in [6, 6.07) is 13.4. The summed E-state index contributed by atoms with van der Waals surface area (Å²) in [6.45, 7) is 4.46. The SMILES string of the molecule is CC(C)N1c2ccc(Br)cc2Sc2cc(Br)ccc21. The van der Waals surface area contributed by atoms with Gasteiger partial charge < -0.3 is 4.90 Å². The predicted octanol–water partition coefficient (Wildman–Crippen LogP) is 6.22. The Morgan fingerprint density at radius 3 is 1.79 bits per heavy atom. The van der Waals surface area contributed by atoms with Crippen molar-refractivity contribution in [2.45, 2.75) is 29.7 Å². The zero-order valence-corrected chi connectivity index (χ0v) is 14.6. The molecule has 0 fully saturated rings. The van der Waals surface area contributed by atoms with E-state index in [0.29, 0.717) is 6.04 Å². The molecule has 0 unspecified atom stereocenters. The molecule has 0 amide bonds. The standard InChI is InChI=1S/C15H13Br2NS/c1-9(2)18-12-5-3-10(16)7-14(12)19-15-8-11(17)4-6-13(15)18/h3-9H,1-2H3. The van der Waals surface area contributed by atoms with Crippen LogP contribution in [0.3, 0.4) is 0 Å². The average molecular weight is 399 g/mol. The molecule has 0 saturated carbocycles. The van der Waals surface area contributed by atoms with Gasteiger partial charge in [0.05, 0.1) is 11.4 Å². The Hall–Kier alpha value is -0.450. The molecule has 2 aromatic carbocycles. The highest BCUT2D eigenvalue weighted by Crippen LogP contribution is 2.50. The molecule has 2 aromatic rings. The maximum Gasteiger partial charge on any atom is 0.0556 e. The molecule has 0 radical (unpaired) electrons. The van der Waals surface area contributed by atoms with E-state index in [2.05, 4.69) is 87.0 Å². The summed E-state index contributed by atoms with van der Waals surface area (Å²) in [4.78, 5) is 5.00. The predicted molar refractivity (Wildman–Crippen MR) is 89.7 cm³/mol. The summed E-state index contributed by atoms with van der Waals surface area (Å²) in [7, 11) is 0. The summed E-state index contributed by atoms with van der Waals surface area (Å²) in [5.41, 5.74) is 2.58. The third-order valence-corrected chi connectivity index (χ3v) is 5.18. The molecule has 4 heteroatoms. The normalized spacial score (nSPS) is 13.4. The summed E-state index contributed by atoms with van der Waals surface area (Å²) in [6.07, 6.45) is 0. The van der Waals surface area contributed by atoms with E-state index in [4.69, 9.17) is 0 Å². The Bertz CT molecular complexity index is 589. The molecule has 0 saturated heterocycles. The van der Waals surface area contributed by atoms with E-state index >= 15 is 0 Å². The highest BCUT2D eigenvalue weighted by atomic mass is 79.9. The first-order valence-electron chi connectivity index (χ1n) is 6.12. The fourth-order valence-electron chi connectivity index (χ4n) is 2.34. The summed E-state index contributed by atoms with van der Waals surface area (Å²) < 4.78 is 2.25. The molecule has 0 N–H and O–H groups in total. The van der Waals surface area contributed by atoms with Gasteiger partial charge in [0.1, 0.15) is 0 Å². The number of hydrogen-bond donors (Lipinski definition) is 0. The molecule has 1 heterocycles. The van der Waals surface area contributed by atoms with Crippen molar-refractivity contribution in [3.63, 3.8) is 0 Å². The zero-order valence-electron chi connectivity index (χ0n) is 10.7. The maximum atomic E-state index is 3.56. The third-order valence-electron chi connectivity index (χ3n) is 3.10. The average Bonchev–Trinajstić information content (AvgIpc) is 2.35. The van der Waals surface area contributed by atoms with Gasteiger partial charge in [-0.2, -0.15) is 0 Å². The number of nitrogens with zero attached hydrogens (tertiary/aromatic N) is 1. The van der Waals surface area contributed by atoms with E-state index in [9.17, 15) is 0 Å². The number of rotatable bonds is 1. The van der Waals surface area contributed by atoms with Crippen molar-refractivity contribution < 1.29 is 0 Å². The highest BCUT2D eigenvalue weighted by Gasteiger charge is 2.25. The largest absolute Gasteiger partial charge is 0.337 e. The van der Waals surface area contributed by atoms with Gasteiger partial charge in [-0.3, -0.25) is 0 Å². The Balaban J connectivity index is 2.20. The first-order chi connectivity index (χ1) is 9.06. The van der Waals surface area contributed by atoms with Crippen LogP contribution in [-0.2, 0) is 0 Å². The van der Waals surface area contributed by atoms with E-state index in [1.165, 1.54) is 21.2 Å². The fraction of sp³-hybridized carbons (Fsp3) is 0.200. The van der Waals surface area contributed by atoms with Gasteiger partial charge in [-0.15, -0.1) is 0 Å². The van der Waals surface area contributed by atoms with Crippen molar-refractivity contribution in [2.24, 2.45) is 0 Å². The van der Waals surface area contributed by atoms with Crippen molar-refractivity contribution in [3.05, 3.63) is 45.3 Å². The number of hydrogen-bond acceptors (Lipinski definition) is 2. The summed E-state index contributed by atoms with van der Waals surface area (Å²) in [5.74, 6) is 0. The molecule has 19 heavy (non-hydrogen) atoms. The van der Waals surface area contributed by atoms with E-state index < -0.39 is 0 Å². The van der Waals surface area contributed by atoms with Crippen LogP contribution in [0.1, 0.15) is 13.8 Å². The summed E-state index contributed by atoms with van der Waals surface area (Å²) in [5, 5.41) is 0. The molecule has 98 valence electrons. The number of fused-ring (bicyclic) bond motifs is 2. The molecule has 0 aromatic heterocycles. The Kier molecular flexibility index (Phi) is 3.67. The highest BCUT2D eigenvalue weighted by molar-refractivity contribution is 9.10. The van der Waals surface area contributed by atoms with Crippen LogP contribution in [0.15, 0.2) is 55.1 Å². The van der Waals surface area contributed by atoms with Crippen LogP contribution >= 0.6 is 43.6 Å². The number of benzene rings is 2. The van der Waals surface area contributed by atoms with Crippen LogP contribution in [0, 0.1) is 0 Å². The van der Waals surface area contributed by atoms with Crippen molar-refractivity contribution in [3.8, 4) is 0 Å². The second kappa shape index (κ2) is 5.15. The van der Waals surface area contributed by atoms with Gasteiger partial charge in [-0.25, -0.2) is 0 Å². The molecule has 3 rings (SSSR count). The van der Waals surface area contributed by atoms with Gasteiger partial charge in [-0.1, -0.05) is 43.6 Å². The lowest BCUT2D eigenvalue weighted by atomic mass is 10.2. The van der Waals surface area contributed by atoms with Gasteiger partial charge in [0.25, 0.3) is 0 Å². The maximum absolute atomic E-state index is 3.56. The van der Waals surface area contributed by atoms with Gasteiger partial charge in [0.15, 0.2) is 0 Å². The van der Waals surface area contributed by atoms with E-state index in [1.807, 2.05) is 11.8 Å². The lowest BCUT2D eigenvalue weighted by Gasteiger charge is -2.36. The molecular formula is C15H13Br2NS. The van der Waals surface area contributed by atoms with Crippen LogP contribution < -0.4 is 4.90 Å². The van der Waals surface area contributed by atoms with Crippen molar-refractivity contribution >= 4 is 55.0 Å². The van der Waals surface area contributed by atoms with Gasteiger partial charge in [0, 0.05) is 24.8 Å². The first-order valence-corrected chi connectivity index (χ1v) is 8.52. The van der Waals surface area contributed by atoms with Crippen LogP contribution in [-0.4, -0.2) is 6.04 Å². The second-order valence-electron chi connectivity index (χ2n) is 4.79. The molecule has 0 spiro atoms. The molecule has 0 atom stereocenters. The fourth-order valence-corrected chi connectivity index (χ4v) is 4.52. The van der Waals surface area contributed by atoms with Crippen molar-refractivity contribution in [1.29, 1.82) is 0 Å². The van der Waals surface area contributed by atoms with Gasteiger partial charge >= 0.3 is 0 Å². The van der Waals surface area contributed by atoms with Crippen LogP contribution in [0.5, 0.6) is 0 Å². The van der Waals surface area contributed by atoms with E-state index in [0.717, 1.165) is 8.95 Å². The Morgan fingerprint density at radius 1 is 0.895 bits per heavy atom. The molecule has 1 aliphatic rings. The van der Waals surface area contributed by atoms with E-state index in [-0.39, 0.29) is 0 Å². The Labute approximate surface area is 134 Å². The quantitative estimate of drug-likeness (QED) is 0.560. The van der Waals surface area contributed by atoms with Crippen LogP contribution in [0.25, 0.3) is 0 Å². The van der Waals surface area contributed by atoms with Crippen molar-refractivity contribution in [1.82, 2.24) is 0 Å². The minimum absolute atomic E-state index is 0.431. The summed E-state index contributed by atoms with van der Waals surface area (Å²) >= 11 is 8.95. The lowest BCUT2D eigenvalue weighted by molar-refractivity contribution is 0.772. The molecular weight excluding hydrogens is 386 g/mol. The minimum Gasteiger partial charge on any atom is -0.337 e. The first kappa shape index (κ1) is 13.5. The van der Waals surface area contributed by atoms with Crippen LogP contribution in [0.2, 0.25) is 0 Å². The second-order valence-corrected chi connectivity index (χ2v) is 7.71. The Morgan fingerprint density at radius 2 is 1.37 bits per heavy atom. The molecule has 0 bridgehead atoms. The number of anilines is 2. The molecule has 1 nitrogen and oxygen atoms in total. The monoisotopic (exact) mass is 397 g/mol. The van der Waals surface area contributed by atoms with Gasteiger partial charge in [0.2, 0.25) is 0 Å². The molecule has 1 aliphatic heterocycles. The van der Waals surface area contributed by atoms with Crippen LogP contribution in [0.4, 0.5) is 11.4 Å². The zero-order chi connectivity index (χ0) is 13.6. The topological polar surface area (TPSA) is 3.24 Å². The third kappa shape index (κ3) is 2.46. The van der Waals surface area contributed by atoms with E-state index in [1.54, 1.807) is 0 Å². The van der Waals surface area contributed by atoms with Gasteiger partial charge in [-0.05, 0) is 50.2 Å². The smallest absolute Gasteiger partial charge is 0.0556 e. The number of halogens is 2. The minimum atomic E-state index is 0.431. The molecule has 0 aliphatic carbocycles. The van der Waals surface area contributed by atoms with Crippen molar-refractivity contribution in [2.75, 3.05) is 4.90 Å².